The molecule has 2 aromatic carbocycles. The third-order valence-electron chi connectivity index (χ3n) is 3.57. The number of rotatable bonds is 2. The van der Waals surface area contributed by atoms with Crippen LogP contribution in [0.5, 0.6) is 5.75 Å². The molecule has 0 aromatic heterocycles. The van der Waals surface area contributed by atoms with E-state index in [2.05, 4.69) is 4.90 Å². The van der Waals surface area contributed by atoms with Crippen LogP contribution >= 0.6 is 0 Å². The van der Waals surface area contributed by atoms with Crippen LogP contribution in [0.3, 0.4) is 0 Å². The first kappa shape index (κ1) is 12.9. The maximum atomic E-state index is 13.9. The van der Waals surface area contributed by atoms with Crippen molar-refractivity contribution in [3.63, 3.8) is 0 Å². The van der Waals surface area contributed by atoms with Gasteiger partial charge in [0.1, 0.15) is 18.2 Å². The molecule has 104 valence electrons. The Bertz CT molecular complexity index is 615. The summed E-state index contributed by atoms with van der Waals surface area (Å²) in [5.74, 6) is 0.664. The maximum Gasteiger partial charge on any atom is 0.129 e. The third-order valence-corrected chi connectivity index (χ3v) is 3.57. The first-order chi connectivity index (χ1) is 9.78. The monoisotopic (exact) mass is 272 g/mol. The molecule has 1 aliphatic heterocycles. The van der Waals surface area contributed by atoms with Crippen LogP contribution in [0.4, 0.5) is 10.1 Å². The van der Waals surface area contributed by atoms with E-state index in [1.807, 2.05) is 30.3 Å². The molecule has 4 heteroatoms. The lowest BCUT2D eigenvalue weighted by atomic mass is 10.1. The zero-order chi connectivity index (χ0) is 13.9. The fraction of sp³-hybridized carbons (Fsp3) is 0.250. The second-order valence-corrected chi connectivity index (χ2v) is 4.86. The van der Waals surface area contributed by atoms with E-state index in [-0.39, 0.29) is 12.4 Å². The largest absolute Gasteiger partial charge is 0.491 e. The van der Waals surface area contributed by atoms with E-state index in [0.29, 0.717) is 12.2 Å². The van der Waals surface area contributed by atoms with Crippen LogP contribution in [0.25, 0.3) is 0 Å². The fourth-order valence-corrected chi connectivity index (χ4v) is 2.44. The minimum Gasteiger partial charge on any atom is -0.491 e. The number of hydrogen-bond donors (Lipinski definition) is 1. The summed E-state index contributed by atoms with van der Waals surface area (Å²) in [7, 11) is 0. The molecule has 0 saturated carbocycles. The van der Waals surface area contributed by atoms with Crippen molar-refractivity contribution in [3.8, 4) is 5.75 Å². The van der Waals surface area contributed by atoms with Crippen LogP contribution < -0.4 is 15.4 Å². The average molecular weight is 272 g/mol. The van der Waals surface area contributed by atoms with Crippen LogP contribution in [-0.2, 0) is 13.1 Å². The summed E-state index contributed by atoms with van der Waals surface area (Å²) in [6.07, 6.45) is 0. The number of nitrogens with zero attached hydrogens (tertiary/aromatic N) is 1. The summed E-state index contributed by atoms with van der Waals surface area (Å²) >= 11 is 0. The molecule has 1 aliphatic rings. The highest BCUT2D eigenvalue weighted by atomic mass is 19.1. The Hall–Kier alpha value is -2.07. The number of nitrogens with two attached hydrogens (primary N) is 1. The summed E-state index contributed by atoms with van der Waals surface area (Å²) in [6, 6.07) is 13.2. The van der Waals surface area contributed by atoms with Gasteiger partial charge in [-0.25, -0.2) is 4.39 Å². The molecule has 0 unspecified atom stereocenters. The topological polar surface area (TPSA) is 38.5 Å². The van der Waals surface area contributed by atoms with Crippen molar-refractivity contribution >= 4 is 5.69 Å². The third kappa shape index (κ3) is 2.47. The lowest BCUT2D eigenvalue weighted by Gasteiger charge is -2.22. The first-order valence-corrected chi connectivity index (χ1v) is 6.72. The number of anilines is 1. The van der Waals surface area contributed by atoms with E-state index < -0.39 is 0 Å². The van der Waals surface area contributed by atoms with Crippen molar-refractivity contribution in [2.24, 2.45) is 5.73 Å². The summed E-state index contributed by atoms with van der Waals surface area (Å²) in [5, 5.41) is 0. The molecule has 0 saturated heterocycles. The molecule has 0 amide bonds. The zero-order valence-electron chi connectivity index (χ0n) is 11.2. The van der Waals surface area contributed by atoms with Gasteiger partial charge in [0.2, 0.25) is 0 Å². The van der Waals surface area contributed by atoms with Gasteiger partial charge in [-0.05, 0) is 18.2 Å². The van der Waals surface area contributed by atoms with Crippen molar-refractivity contribution in [3.05, 3.63) is 59.4 Å². The maximum absolute atomic E-state index is 13.9. The van der Waals surface area contributed by atoms with E-state index in [0.717, 1.165) is 30.1 Å². The second kappa shape index (κ2) is 5.51. The molecule has 0 radical (unpaired) electrons. The van der Waals surface area contributed by atoms with Gasteiger partial charge in [-0.1, -0.05) is 24.3 Å². The van der Waals surface area contributed by atoms with Crippen LogP contribution in [0, 0.1) is 5.82 Å². The van der Waals surface area contributed by atoms with Crippen LogP contribution in [0.1, 0.15) is 11.1 Å². The predicted octanol–water partition coefficient (Wildman–Crippen LogP) is 2.68. The molecular weight excluding hydrogens is 255 g/mol. The highest BCUT2D eigenvalue weighted by molar-refractivity contribution is 5.50. The number of hydrogen-bond acceptors (Lipinski definition) is 3. The van der Waals surface area contributed by atoms with Crippen molar-refractivity contribution in [1.82, 2.24) is 0 Å². The standard InChI is InChI=1S/C16H17FN2O/c17-15-9-14(6-5-12(15)10-18)19-7-8-20-16-4-2-1-3-13(16)11-19/h1-6,9H,7-8,10-11,18H2. The number of halogens is 1. The van der Waals surface area contributed by atoms with Crippen LogP contribution in [0.2, 0.25) is 0 Å². The zero-order valence-corrected chi connectivity index (χ0v) is 11.2. The highest BCUT2D eigenvalue weighted by Gasteiger charge is 2.16. The normalized spacial score (nSPS) is 14.4. The lowest BCUT2D eigenvalue weighted by Crippen LogP contribution is -2.25. The molecule has 3 rings (SSSR count). The molecule has 3 nitrogen and oxygen atoms in total. The Kier molecular flexibility index (Phi) is 3.56. The van der Waals surface area contributed by atoms with E-state index >= 15 is 0 Å². The minimum absolute atomic E-state index is 0.220. The molecule has 20 heavy (non-hydrogen) atoms. The Morgan fingerprint density at radius 3 is 2.85 bits per heavy atom. The smallest absolute Gasteiger partial charge is 0.129 e. The Labute approximate surface area is 117 Å². The van der Waals surface area contributed by atoms with Crippen molar-refractivity contribution in [1.29, 1.82) is 0 Å². The van der Waals surface area contributed by atoms with E-state index in [9.17, 15) is 4.39 Å². The number of fused-ring (bicyclic) bond motifs is 1. The van der Waals surface area contributed by atoms with Gasteiger partial charge in [-0.2, -0.15) is 0 Å². The highest BCUT2D eigenvalue weighted by Crippen LogP contribution is 2.27. The van der Waals surface area contributed by atoms with Gasteiger partial charge in [0.15, 0.2) is 0 Å². The summed E-state index contributed by atoms with van der Waals surface area (Å²) < 4.78 is 19.6. The van der Waals surface area contributed by atoms with Crippen LogP contribution in [0.15, 0.2) is 42.5 Å². The lowest BCUT2D eigenvalue weighted by molar-refractivity contribution is 0.331. The van der Waals surface area contributed by atoms with Gasteiger partial charge in [0.05, 0.1) is 6.54 Å². The molecule has 0 atom stereocenters. The molecule has 2 aromatic rings. The van der Waals surface area contributed by atoms with Gasteiger partial charge in [0, 0.05) is 29.9 Å². The summed E-state index contributed by atoms with van der Waals surface area (Å²) in [4.78, 5) is 2.12. The number of benzene rings is 2. The van der Waals surface area contributed by atoms with Gasteiger partial charge in [0.25, 0.3) is 0 Å². The SMILES string of the molecule is NCc1ccc(N2CCOc3ccccc3C2)cc1F. The molecule has 0 aliphatic carbocycles. The molecule has 2 N–H and O–H groups in total. The van der Waals surface area contributed by atoms with Crippen molar-refractivity contribution in [2.45, 2.75) is 13.1 Å². The van der Waals surface area contributed by atoms with Gasteiger partial charge in [-0.3, -0.25) is 0 Å². The van der Waals surface area contributed by atoms with E-state index in [1.54, 1.807) is 12.1 Å². The fourth-order valence-electron chi connectivity index (χ4n) is 2.44. The van der Waals surface area contributed by atoms with Gasteiger partial charge in [-0.15, -0.1) is 0 Å². The Morgan fingerprint density at radius 2 is 2.05 bits per heavy atom. The van der Waals surface area contributed by atoms with Crippen LogP contribution in [-0.4, -0.2) is 13.2 Å². The predicted molar refractivity (Wildman–Crippen MR) is 77.3 cm³/mol. The van der Waals surface area contributed by atoms with E-state index in [1.165, 1.54) is 0 Å². The van der Waals surface area contributed by atoms with Gasteiger partial charge >= 0.3 is 0 Å². The quantitative estimate of drug-likeness (QED) is 0.913. The summed E-state index contributed by atoms with van der Waals surface area (Å²) in [6.45, 7) is 2.27. The Morgan fingerprint density at radius 1 is 1.20 bits per heavy atom. The van der Waals surface area contributed by atoms with Crippen molar-refractivity contribution < 1.29 is 9.13 Å². The average Bonchev–Trinajstić information content (AvgIpc) is 2.69. The molecule has 0 bridgehead atoms. The number of ether oxygens (including phenoxy) is 1. The molecule has 1 heterocycles. The molecule has 0 spiro atoms. The molecule has 0 fully saturated rings. The van der Waals surface area contributed by atoms with Crippen molar-refractivity contribution in [2.75, 3.05) is 18.1 Å². The van der Waals surface area contributed by atoms with E-state index in [4.69, 9.17) is 10.5 Å². The summed E-state index contributed by atoms with van der Waals surface area (Å²) in [5.41, 5.74) is 8.02. The van der Waals surface area contributed by atoms with Gasteiger partial charge < -0.3 is 15.4 Å². The molecular formula is C16H17FN2O. The second-order valence-electron chi connectivity index (χ2n) is 4.86. The minimum atomic E-state index is -0.247. The first-order valence-electron chi connectivity index (χ1n) is 6.72. The number of para-hydroxylation sites is 1. The Balaban J connectivity index is 1.89.